The molecular weight excluding hydrogens is 334 g/mol. The topological polar surface area (TPSA) is 92.5 Å². The van der Waals surface area contributed by atoms with Gasteiger partial charge in [0.1, 0.15) is 0 Å². The number of non-ortho nitro benzene ring substituents is 1. The number of benzene rings is 2. The first kappa shape index (κ1) is 17.3. The van der Waals surface area contributed by atoms with Crippen LogP contribution in [-0.4, -0.2) is 29.3 Å². The summed E-state index contributed by atoms with van der Waals surface area (Å²) >= 11 is 0. The molecule has 2 aromatic carbocycles. The number of anilines is 1. The van der Waals surface area contributed by atoms with Crippen LogP contribution < -0.4 is 10.2 Å². The molecule has 26 heavy (non-hydrogen) atoms. The minimum absolute atomic E-state index is 0.00271. The number of rotatable bonds is 5. The third-order valence-corrected chi connectivity index (χ3v) is 4.07. The zero-order chi connectivity index (χ0) is 18.5. The fourth-order valence-electron chi connectivity index (χ4n) is 2.79. The number of nitrogens with zero attached hydrogens (tertiary/aromatic N) is 2. The van der Waals surface area contributed by atoms with Crippen LogP contribution in [0, 0.1) is 10.1 Å². The van der Waals surface area contributed by atoms with Crippen molar-refractivity contribution in [2.45, 2.75) is 12.5 Å². The lowest BCUT2D eigenvalue weighted by molar-refractivity contribution is -0.384. The Kier molecular flexibility index (Phi) is 5.07. The van der Waals surface area contributed by atoms with Gasteiger partial charge in [-0.1, -0.05) is 18.2 Å². The second kappa shape index (κ2) is 7.60. The molecule has 1 aliphatic rings. The Labute approximate surface area is 150 Å². The molecule has 7 nitrogen and oxygen atoms in total. The van der Waals surface area contributed by atoms with Crippen molar-refractivity contribution in [3.63, 3.8) is 0 Å². The highest BCUT2D eigenvalue weighted by Crippen LogP contribution is 2.21. The predicted octanol–water partition coefficient (Wildman–Crippen LogP) is 2.53. The first-order chi connectivity index (χ1) is 12.5. The summed E-state index contributed by atoms with van der Waals surface area (Å²) in [6, 6.07) is 15.0. The lowest BCUT2D eigenvalue weighted by Crippen LogP contribution is -2.36. The molecular formula is C19H17N3O4. The standard InChI is InChI=1S/C19H17N3O4/c23-18(11-8-14-6-9-17(10-7-14)22(25)26)20-15-12-19(24)21(13-15)16-4-2-1-3-5-16/h1-11,15H,12-13H2,(H,20,23). The molecule has 0 aliphatic carbocycles. The van der Waals surface area contributed by atoms with Crippen LogP contribution in [-0.2, 0) is 9.59 Å². The number of hydrogen-bond donors (Lipinski definition) is 1. The summed E-state index contributed by atoms with van der Waals surface area (Å²) < 4.78 is 0. The lowest BCUT2D eigenvalue weighted by atomic mass is 10.2. The first-order valence-corrected chi connectivity index (χ1v) is 8.11. The van der Waals surface area contributed by atoms with E-state index < -0.39 is 4.92 Å². The van der Waals surface area contributed by atoms with Crippen LogP contribution in [0.15, 0.2) is 60.7 Å². The van der Waals surface area contributed by atoms with E-state index in [1.807, 2.05) is 30.3 Å². The zero-order valence-corrected chi connectivity index (χ0v) is 13.9. The Bertz CT molecular complexity index is 847. The summed E-state index contributed by atoms with van der Waals surface area (Å²) in [7, 11) is 0. The van der Waals surface area contributed by atoms with Gasteiger partial charge in [-0.05, 0) is 35.9 Å². The highest BCUT2D eigenvalue weighted by molar-refractivity contribution is 5.98. The smallest absolute Gasteiger partial charge is 0.269 e. The summed E-state index contributed by atoms with van der Waals surface area (Å²) in [6.45, 7) is 0.431. The van der Waals surface area contributed by atoms with E-state index in [4.69, 9.17) is 0 Å². The van der Waals surface area contributed by atoms with Gasteiger partial charge in [0, 0.05) is 36.9 Å². The summed E-state index contributed by atoms with van der Waals surface area (Å²) in [6.07, 6.45) is 3.19. The van der Waals surface area contributed by atoms with E-state index in [2.05, 4.69) is 5.32 Å². The van der Waals surface area contributed by atoms with Gasteiger partial charge >= 0.3 is 0 Å². The third-order valence-electron chi connectivity index (χ3n) is 4.07. The van der Waals surface area contributed by atoms with Gasteiger partial charge in [0.15, 0.2) is 0 Å². The monoisotopic (exact) mass is 351 g/mol. The summed E-state index contributed by atoms with van der Waals surface area (Å²) in [5.41, 5.74) is 1.49. The molecule has 1 fully saturated rings. The van der Waals surface area contributed by atoms with E-state index in [1.165, 1.54) is 18.2 Å². The van der Waals surface area contributed by atoms with Crippen LogP contribution in [0.2, 0.25) is 0 Å². The van der Waals surface area contributed by atoms with Crippen molar-refractivity contribution in [3.05, 3.63) is 76.4 Å². The van der Waals surface area contributed by atoms with Gasteiger partial charge in [0.05, 0.1) is 11.0 Å². The van der Waals surface area contributed by atoms with Crippen LogP contribution in [0.5, 0.6) is 0 Å². The van der Waals surface area contributed by atoms with Crippen molar-refractivity contribution < 1.29 is 14.5 Å². The predicted molar refractivity (Wildman–Crippen MR) is 97.5 cm³/mol. The molecule has 2 amide bonds. The van der Waals surface area contributed by atoms with Crippen molar-refractivity contribution in [1.29, 1.82) is 0 Å². The van der Waals surface area contributed by atoms with Crippen LogP contribution in [0.4, 0.5) is 11.4 Å². The first-order valence-electron chi connectivity index (χ1n) is 8.11. The number of para-hydroxylation sites is 1. The van der Waals surface area contributed by atoms with Gasteiger partial charge in [0.2, 0.25) is 11.8 Å². The molecule has 0 saturated carbocycles. The Morgan fingerprint density at radius 3 is 2.50 bits per heavy atom. The van der Waals surface area contributed by atoms with Gasteiger partial charge < -0.3 is 10.2 Å². The van der Waals surface area contributed by atoms with Crippen LogP contribution in [0.3, 0.4) is 0 Å². The van der Waals surface area contributed by atoms with E-state index in [0.29, 0.717) is 12.1 Å². The average Bonchev–Trinajstić information content (AvgIpc) is 3.01. The maximum Gasteiger partial charge on any atom is 0.269 e. The maximum atomic E-state index is 12.1. The van der Waals surface area contributed by atoms with Crippen LogP contribution in [0.1, 0.15) is 12.0 Å². The Morgan fingerprint density at radius 1 is 1.15 bits per heavy atom. The quantitative estimate of drug-likeness (QED) is 0.509. The molecule has 1 heterocycles. The highest BCUT2D eigenvalue weighted by atomic mass is 16.6. The van der Waals surface area contributed by atoms with E-state index in [9.17, 15) is 19.7 Å². The SMILES string of the molecule is O=C(C=Cc1ccc([N+](=O)[O-])cc1)NC1CC(=O)N(c2ccccc2)C1. The van der Waals surface area contributed by atoms with Crippen molar-refractivity contribution in [2.24, 2.45) is 0 Å². The van der Waals surface area contributed by atoms with Crippen molar-refractivity contribution in [3.8, 4) is 0 Å². The molecule has 3 rings (SSSR count). The van der Waals surface area contributed by atoms with E-state index in [1.54, 1.807) is 23.1 Å². The fourth-order valence-corrected chi connectivity index (χ4v) is 2.79. The largest absolute Gasteiger partial charge is 0.347 e. The number of nitrogens with one attached hydrogen (secondary N) is 1. The van der Waals surface area contributed by atoms with Crippen LogP contribution >= 0.6 is 0 Å². The minimum atomic E-state index is -0.476. The Morgan fingerprint density at radius 2 is 1.85 bits per heavy atom. The van der Waals surface area contributed by atoms with Gasteiger partial charge in [-0.25, -0.2) is 0 Å². The van der Waals surface area contributed by atoms with E-state index >= 15 is 0 Å². The van der Waals surface area contributed by atoms with Gasteiger partial charge in [-0.2, -0.15) is 0 Å². The molecule has 1 aliphatic heterocycles. The molecule has 0 radical (unpaired) electrons. The lowest BCUT2D eigenvalue weighted by Gasteiger charge is -2.16. The second-order valence-corrected chi connectivity index (χ2v) is 5.93. The summed E-state index contributed by atoms with van der Waals surface area (Å²) in [4.78, 5) is 36.0. The zero-order valence-electron chi connectivity index (χ0n) is 13.9. The van der Waals surface area contributed by atoms with Gasteiger partial charge in [-0.15, -0.1) is 0 Å². The summed E-state index contributed by atoms with van der Waals surface area (Å²) in [5.74, 6) is -0.336. The molecule has 1 N–H and O–H groups in total. The number of hydrogen-bond acceptors (Lipinski definition) is 4. The minimum Gasteiger partial charge on any atom is -0.347 e. The number of nitro benzene ring substituents is 1. The molecule has 132 valence electrons. The number of carbonyl (C=O) groups excluding carboxylic acids is 2. The molecule has 0 bridgehead atoms. The Hall–Kier alpha value is -3.48. The molecule has 7 heteroatoms. The molecule has 2 aromatic rings. The molecule has 1 unspecified atom stereocenters. The van der Waals surface area contributed by atoms with Crippen LogP contribution in [0.25, 0.3) is 6.08 Å². The van der Waals surface area contributed by atoms with E-state index in [-0.39, 0.29) is 30.0 Å². The van der Waals surface area contributed by atoms with Crippen molar-refractivity contribution >= 4 is 29.3 Å². The number of amides is 2. The fraction of sp³-hybridized carbons (Fsp3) is 0.158. The maximum absolute atomic E-state index is 12.1. The number of carbonyl (C=O) groups is 2. The second-order valence-electron chi connectivity index (χ2n) is 5.93. The average molecular weight is 351 g/mol. The van der Waals surface area contributed by atoms with Gasteiger partial charge in [-0.3, -0.25) is 19.7 Å². The molecule has 0 aromatic heterocycles. The van der Waals surface area contributed by atoms with Crippen molar-refractivity contribution in [2.75, 3.05) is 11.4 Å². The highest BCUT2D eigenvalue weighted by Gasteiger charge is 2.31. The summed E-state index contributed by atoms with van der Waals surface area (Å²) in [5, 5.41) is 13.4. The third kappa shape index (κ3) is 4.13. The Balaban J connectivity index is 1.57. The number of nitro groups is 1. The molecule has 1 saturated heterocycles. The van der Waals surface area contributed by atoms with E-state index in [0.717, 1.165) is 5.69 Å². The van der Waals surface area contributed by atoms with Crippen molar-refractivity contribution in [1.82, 2.24) is 5.32 Å². The molecule has 1 atom stereocenters. The van der Waals surface area contributed by atoms with Gasteiger partial charge in [0.25, 0.3) is 5.69 Å². The molecule has 0 spiro atoms. The normalized spacial score (nSPS) is 16.8.